The number of aromatic nitrogens is 1. The van der Waals surface area contributed by atoms with Gasteiger partial charge in [-0.2, -0.15) is 0 Å². The topological polar surface area (TPSA) is 28.2 Å². The Balaban J connectivity index is 2.92. The highest BCUT2D eigenvalue weighted by Crippen LogP contribution is 2.29. The summed E-state index contributed by atoms with van der Waals surface area (Å²) >= 11 is 1.86. The molecule has 0 atom stereocenters. The summed E-state index contributed by atoms with van der Waals surface area (Å²) in [6.45, 7) is 14.3. The van der Waals surface area contributed by atoms with Crippen molar-refractivity contribution in [1.82, 2.24) is 10.3 Å². The fourth-order valence-electron chi connectivity index (χ4n) is 2.43. The number of rotatable bonds is 8. The monoisotopic (exact) mass is 311 g/mol. The molecule has 0 saturated carbocycles. The number of anilines is 1. The number of hydrogen-bond donors (Lipinski definition) is 1. The summed E-state index contributed by atoms with van der Waals surface area (Å²) in [5, 5.41) is 4.78. The lowest BCUT2D eigenvalue weighted by Crippen LogP contribution is -2.35. The maximum Gasteiger partial charge on any atom is 0.185 e. The first kappa shape index (κ1) is 18.4. The number of thiazole rings is 1. The number of aryl methyl sites for hydroxylation is 1. The molecule has 122 valence electrons. The zero-order chi connectivity index (χ0) is 16.0. The molecule has 0 aliphatic rings. The van der Waals surface area contributed by atoms with E-state index in [-0.39, 0.29) is 5.54 Å². The second kappa shape index (κ2) is 8.14. The van der Waals surface area contributed by atoms with Crippen LogP contribution in [-0.2, 0) is 13.0 Å². The lowest BCUT2D eigenvalue weighted by Gasteiger charge is -2.25. The van der Waals surface area contributed by atoms with Crippen molar-refractivity contribution in [3.63, 3.8) is 0 Å². The third-order valence-electron chi connectivity index (χ3n) is 3.82. The number of hydrogen-bond acceptors (Lipinski definition) is 4. The lowest BCUT2D eigenvalue weighted by molar-refractivity contribution is 0.425. The Morgan fingerprint density at radius 1 is 1.19 bits per heavy atom. The average Bonchev–Trinajstić information content (AvgIpc) is 2.80. The zero-order valence-corrected chi connectivity index (χ0v) is 15.7. The molecular formula is C17H33N3S. The maximum absolute atomic E-state index is 4.92. The molecule has 1 aromatic rings. The molecule has 0 unspecified atom stereocenters. The molecule has 0 radical (unpaired) electrons. The molecule has 1 rings (SSSR count). The van der Waals surface area contributed by atoms with Crippen LogP contribution in [0, 0.1) is 0 Å². The van der Waals surface area contributed by atoms with Gasteiger partial charge in [0.25, 0.3) is 0 Å². The van der Waals surface area contributed by atoms with Gasteiger partial charge in [-0.1, -0.05) is 27.2 Å². The van der Waals surface area contributed by atoms with Crippen molar-refractivity contribution in [2.45, 2.75) is 85.4 Å². The summed E-state index contributed by atoms with van der Waals surface area (Å²) in [5.74, 6) is 0. The van der Waals surface area contributed by atoms with E-state index in [1.165, 1.54) is 28.5 Å². The van der Waals surface area contributed by atoms with Gasteiger partial charge in [-0.05, 0) is 40.0 Å². The Morgan fingerprint density at radius 3 is 2.29 bits per heavy atom. The van der Waals surface area contributed by atoms with E-state index in [0.29, 0.717) is 6.04 Å². The summed E-state index contributed by atoms with van der Waals surface area (Å²) < 4.78 is 0. The summed E-state index contributed by atoms with van der Waals surface area (Å²) in [4.78, 5) is 8.69. The van der Waals surface area contributed by atoms with Crippen LogP contribution in [0.1, 0.15) is 71.4 Å². The summed E-state index contributed by atoms with van der Waals surface area (Å²) in [6, 6.07) is 0.592. The molecule has 0 bridgehead atoms. The highest BCUT2D eigenvalue weighted by atomic mass is 32.1. The summed E-state index contributed by atoms with van der Waals surface area (Å²) in [6.07, 6.45) is 4.57. The van der Waals surface area contributed by atoms with Crippen LogP contribution in [0.25, 0.3) is 0 Å². The quantitative estimate of drug-likeness (QED) is 0.760. The van der Waals surface area contributed by atoms with Crippen molar-refractivity contribution in [2.24, 2.45) is 0 Å². The van der Waals surface area contributed by atoms with Gasteiger partial charge in [-0.3, -0.25) is 0 Å². The van der Waals surface area contributed by atoms with Crippen LogP contribution in [0.2, 0.25) is 0 Å². The van der Waals surface area contributed by atoms with E-state index in [4.69, 9.17) is 4.98 Å². The first-order chi connectivity index (χ1) is 9.82. The molecule has 0 aliphatic heterocycles. The van der Waals surface area contributed by atoms with Crippen LogP contribution in [0.3, 0.4) is 0 Å². The van der Waals surface area contributed by atoms with Crippen LogP contribution < -0.4 is 10.2 Å². The molecule has 0 aliphatic carbocycles. The Kier molecular flexibility index (Phi) is 7.14. The van der Waals surface area contributed by atoms with Gasteiger partial charge in [0, 0.05) is 30.1 Å². The fraction of sp³-hybridized carbons (Fsp3) is 0.824. The van der Waals surface area contributed by atoms with Gasteiger partial charge in [0.15, 0.2) is 5.13 Å². The Labute approximate surface area is 135 Å². The van der Waals surface area contributed by atoms with Crippen LogP contribution in [0.4, 0.5) is 5.13 Å². The van der Waals surface area contributed by atoms with E-state index in [9.17, 15) is 0 Å². The van der Waals surface area contributed by atoms with E-state index < -0.39 is 0 Å². The van der Waals surface area contributed by atoms with Gasteiger partial charge < -0.3 is 10.2 Å². The molecule has 1 N–H and O–H groups in total. The Morgan fingerprint density at radius 2 is 1.81 bits per heavy atom. The number of nitrogens with zero attached hydrogens (tertiary/aromatic N) is 2. The second-order valence-corrected chi connectivity index (χ2v) is 7.86. The van der Waals surface area contributed by atoms with Gasteiger partial charge in [0.05, 0.1) is 5.69 Å². The fourth-order valence-corrected chi connectivity index (χ4v) is 3.51. The van der Waals surface area contributed by atoms with Gasteiger partial charge in [0.2, 0.25) is 0 Å². The van der Waals surface area contributed by atoms with Gasteiger partial charge in [0.1, 0.15) is 0 Å². The molecule has 0 amide bonds. The predicted molar refractivity (Wildman–Crippen MR) is 95.5 cm³/mol. The summed E-state index contributed by atoms with van der Waals surface area (Å²) in [5.41, 5.74) is 1.43. The second-order valence-electron chi connectivity index (χ2n) is 6.80. The number of nitrogens with one attached hydrogen (secondary N) is 1. The molecule has 0 spiro atoms. The van der Waals surface area contributed by atoms with Gasteiger partial charge >= 0.3 is 0 Å². The normalized spacial score (nSPS) is 12.2. The molecule has 4 heteroatoms. The first-order valence-corrected chi connectivity index (χ1v) is 9.10. The SMILES string of the molecule is CCCc1nc(N(C)C(CC)CC)sc1CNC(C)(C)C. The Hall–Kier alpha value is -0.610. The van der Waals surface area contributed by atoms with Crippen LogP contribution >= 0.6 is 11.3 Å². The smallest absolute Gasteiger partial charge is 0.185 e. The first-order valence-electron chi connectivity index (χ1n) is 8.28. The minimum atomic E-state index is 0.148. The zero-order valence-electron chi connectivity index (χ0n) is 14.9. The van der Waals surface area contributed by atoms with E-state index >= 15 is 0 Å². The van der Waals surface area contributed by atoms with Crippen molar-refractivity contribution < 1.29 is 0 Å². The van der Waals surface area contributed by atoms with Crippen molar-refractivity contribution in [2.75, 3.05) is 11.9 Å². The van der Waals surface area contributed by atoms with Crippen molar-refractivity contribution in [3.8, 4) is 0 Å². The Bertz CT molecular complexity index is 416. The van der Waals surface area contributed by atoms with Gasteiger partial charge in [-0.15, -0.1) is 11.3 Å². The van der Waals surface area contributed by atoms with Crippen molar-refractivity contribution >= 4 is 16.5 Å². The molecule has 1 heterocycles. The molecule has 21 heavy (non-hydrogen) atoms. The van der Waals surface area contributed by atoms with E-state index in [1.54, 1.807) is 0 Å². The summed E-state index contributed by atoms with van der Waals surface area (Å²) in [7, 11) is 2.19. The third kappa shape index (κ3) is 5.59. The van der Waals surface area contributed by atoms with E-state index in [0.717, 1.165) is 19.4 Å². The standard InChI is InChI=1S/C17H33N3S/c1-8-11-14-15(12-18-17(4,5)6)21-16(19-14)20(7)13(9-2)10-3/h13,18H,8-12H2,1-7H3. The largest absolute Gasteiger partial charge is 0.348 e. The van der Waals surface area contributed by atoms with Gasteiger partial charge in [-0.25, -0.2) is 4.98 Å². The third-order valence-corrected chi connectivity index (χ3v) is 5.01. The van der Waals surface area contributed by atoms with Crippen LogP contribution in [0.15, 0.2) is 0 Å². The van der Waals surface area contributed by atoms with Crippen LogP contribution in [0.5, 0.6) is 0 Å². The highest BCUT2D eigenvalue weighted by molar-refractivity contribution is 7.15. The van der Waals surface area contributed by atoms with Crippen LogP contribution in [-0.4, -0.2) is 23.6 Å². The molecule has 1 aromatic heterocycles. The lowest BCUT2D eigenvalue weighted by atomic mass is 10.1. The maximum atomic E-state index is 4.92. The van der Waals surface area contributed by atoms with E-state index in [2.05, 4.69) is 58.8 Å². The minimum absolute atomic E-state index is 0.148. The molecular weight excluding hydrogens is 278 g/mol. The predicted octanol–water partition coefficient (Wildman–Crippen LogP) is 4.61. The average molecular weight is 312 g/mol. The highest BCUT2D eigenvalue weighted by Gasteiger charge is 2.19. The molecule has 0 saturated heterocycles. The molecule has 0 fully saturated rings. The minimum Gasteiger partial charge on any atom is -0.348 e. The molecule has 0 aromatic carbocycles. The van der Waals surface area contributed by atoms with Crippen molar-refractivity contribution in [1.29, 1.82) is 0 Å². The van der Waals surface area contributed by atoms with Crippen molar-refractivity contribution in [3.05, 3.63) is 10.6 Å². The van der Waals surface area contributed by atoms with E-state index in [1.807, 2.05) is 11.3 Å². The molecule has 3 nitrogen and oxygen atoms in total.